The highest BCUT2D eigenvalue weighted by Crippen LogP contribution is 2.39. The fraction of sp³-hybridized carbons (Fsp3) is 0.538. The van der Waals surface area contributed by atoms with Crippen LogP contribution in [0.2, 0.25) is 0 Å². The SMILES string of the molecule is COC(=O)c1c(N2CC(CS(=O)(=O)Cl)CC2=O)sc(C)c1C. The second-order valence-electron chi connectivity index (χ2n) is 5.23. The molecule has 1 aliphatic rings. The van der Waals surface area contributed by atoms with Crippen LogP contribution in [0.1, 0.15) is 27.2 Å². The lowest BCUT2D eigenvalue weighted by Gasteiger charge is -2.16. The van der Waals surface area contributed by atoms with Crippen molar-refractivity contribution in [3.8, 4) is 0 Å². The third kappa shape index (κ3) is 3.44. The monoisotopic (exact) mass is 365 g/mol. The highest BCUT2D eigenvalue weighted by molar-refractivity contribution is 8.13. The Labute approximate surface area is 137 Å². The molecular formula is C13H16ClNO5S2. The van der Waals surface area contributed by atoms with Crippen LogP contribution in [0.4, 0.5) is 5.00 Å². The van der Waals surface area contributed by atoms with Crippen molar-refractivity contribution in [2.24, 2.45) is 5.92 Å². The number of aryl methyl sites for hydroxylation is 1. The minimum absolute atomic E-state index is 0.0998. The summed E-state index contributed by atoms with van der Waals surface area (Å²) >= 11 is 1.33. The molecule has 0 spiro atoms. The Morgan fingerprint density at radius 3 is 2.64 bits per heavy atom. The largest absolute Gasteiger partial charge is 0.465 e. The zero-order valence-corrected chi connectivity index (χ0v) is 14.8. The Morgan fingerprint density at radius 1 is 1.45 bits per heavy atom. The standard InChI is InChI=1S/C13H16ClNO5S2/c1-7-8(2)21-12(11(7)13(17)20-3)15-5-9(4-10(15)16)6-22(14,18)19/h9H,4-6H2,1-3H3. The van der Waals surface area contributed by atoms with E-state index in [0.29, 0.717) is 10.6 Å². The van der Waals surface area contributed by atoms with E-state index >= 15 is 0 Å². The molecule has 122 valence electrons. The van der Waals surface area contributed by atoms with Crippen molar-refractivity contribution >= 4 is 47.9 Å². The number of amides is 1. The molecule has 1 aliphatic heterocycles. The fourth-order valence-corrected chi connectivity index (χ4v) is 5.00. The van der Waals surface area contributed by atoms with Gasteiger partial charge in [-0.05, 0) is 19.4 Å². The molecule has 6 nitrogen and oxygen atoms in total. The van der Waals surface area contributed by atoms with Gasteiger partial charge in [-0.2, -0.15) is 0 Å². The maximum absolute atomic E-state index is 12.2. The second kappa shape index (κ2) is 6.17. The average molecular weight is 366 g/mol. The Kier molecular flexibility index (Phi) is 4.84. The van der Waals surface area contributed by atoms with E-state index in [1.807, 2.05) is 6.92 Å². The normalized spacial score (nSPS) is 18.8. The van der Waals surface area contributed by atoms with Crippen molar-refractivity contribution in [2.45, 2.75) is 20.3 Å². The summed E-state index contributed by atoms with van der Waals surface area (Å²) in [6.07, 6.45) is 0.0998. The van der Waals surface area contributed by atoms with Crippen molar-refractivity contribution in [1.82, 2.24) is 0 Å². The number of thiophene rings is 1. The van der Waals surface area contributed by atoms with Gasteiger partial charge in [-0.1, -0.05) is 0 Å². The summed E-state index contributed by atoms with van der Waals surface area (Å²) in [7, 11) is 2.88. The number of hydrogen-bond acceptors (Lipinski definition) is 6. The van der Waals surface area contributed by atoms with Gasteiger partial charge in [0.05, 0.1) is 18.4 Å². The molecule has 1 unspecified atom stereocenters. The summed E-state index contributed by atoms with van der Waals surface area (Å²) in [4.78, 5) is 26.5. The van der Waals surface area contributed by atoms with Crippen LogP contribution in [0.15, 0.2) is 0 Å². The molecule has 1 aromatic rings. The smallest absolute Gasteiger partial charge is 0.341 e. The molecule has 1 amide bonds. The van der Waals surface area contributed by atoms with E-state index in [9.17, 15) is 18.0 Å². The van der Waals surface area contributed by atoms with Crippen molar-refractivity contribution in [3.63, 3.8) is 0 Å². The highest BCUT2D eigenvalue weighted by Gasteiger charge is 2.36. The van der Waals surface area contributed by atoms with Crippen molar-refractivity contribution in [2.75, 3.05) is 24.3 Å². The van der Waals surface area contributed by atoms with E-state index in [2.05, 4.69) is 0 Å². The molecule has 0 saturated carbocycles. The number of rotatable bonds is 4. The maximum Gasteiger partial charge on any atom is 0.341 e. The highest BCUT2D eigenvalue weighted by atomic mass is 35.7. The summed E-state index contributed by atoms with van der Waals surface area (Å²) in [6.45, 7) is 3.88. The van der Waals surface area contributed by atoms with E-state index in [4.69, 9.17) is 15.4 Å². The molecule has 1 saturated heterocycles. The summed E-state index contributed by atoms with van der Waals surface area (Å²) in [5, 5.41) is 0.515. The molecule has 0 aliphatic carbocycles. The lowest BCUT2D eigenvalue weighted by molar-refractivity contribution is -0.117. The maximum atomic E-state index is 12.2. The van der Waals surface area contributed by atoms with Gasteiger partial charge in [0.25, 0.3) is 0 Å². The number of hydrogen-bond donors (Lipinski definition) is 0. The predicted molar refractivity (Wildman–Crippen MR) is 85.2 cm³/mol. The van der Waals surface area contributed by atoms with Crippen LogP contribution in [0.3, 0.4) is 0 Å². The lowest BCUT2D eigenvalue weighted by atomic mass is 10.1. The molecule has 9 heteroatoms. The molecule has 22 heavy (non-hydrogen) atoms. The van der Waals surface area contributed by atoms with Crippen LogP contribution in [0.5, 0.6) is 0 Å². The van der Waals surface area contributed by atoms with Crippen molar-refractivity contribution < 1.29 is 22.7 Å². The van der Waals surface area contributed by atoms with Crippen molar-refractivity contribution in [1.29, 1.82) is 0 Å². The number of methoxy groups -OCH3 is 1. The summed E-state index contributed by atoms with van der Waals surface area (Å²) < 4.78 is 27.1. The number of nitrogens with zero attached hydrogens (tertiary/aromatic N) is 1. The lowest BCUT2D eigenvalue weighted by Crippen LogP contribution is -2.26. The van der Waals surface area contributed by atoms with Crippen LogP contribution in [-0.4, -0.2) is 39.7 Å². The zero-order chi connectivity index (χ0) is 16.7. The Bertz CT molecular complexity index is 725. The van der Waals surface area contributed by atoms with Gasteiger partial charge < -0.3 is 9.64 Å². The first-order valence-electron chi connectivity index (χ1n) is 6.55. The molecule has 0 N–H and O–H groups in total. The molecule has 1 atom stereocenters. The molecule has 0 aromatic carbocycles. The first-order valence-corrected chi connectivity index (χ1v) is 9.84. The van der Waals surface area contributed by atoms with Gasteiger partial charge in [0, 0.05) is 34.4 Å². The third-order valence-electron chi connectivity index (χ3n) is 3.64. The van der Waals surface area contributed by atoms with Crippen LogP contribution < -0.4 is 4.90 Å². The van der Waals surface area contributed by atoms with E-state index in [0.717, 1.165) is 10.4 Å². The molecule has 0 radical (unpaired) electrons. The van der Waals surface area contributed by atoms with Gasteiger partial charge in [-0.15, -0.1) is 11.3 Å². The first kappa shape index (κ1) is 17.2. The number of halogens is 1. The molecular weight excluding hydrogens is 350 g/mol. The third-order valence-corrected chi connectivity index (χ3v) is 6.12. The number of carbonyl (C=O) groups is 2. The molecule has 1 aromatic heterocycles. The van der Waals surface area contributed by atoms with E-state index in [1.54, 1.807) is 6.92 Å². The van der Waals surface area contributed by atoms with E-state index in [1.165, 1.54) is 23.3 Å². The summed E-state index contributed by atoms with van der Waals surface area (Å²) in [5.41, 5.74) is 1.14. The molecule has 1 fully saturated rings. The van der Waals surface area contributed by atoms with Gasteiger partial charge in [-0.25, -0.2) is 13.2 Å². The molecule has 2 rings (SSSR count). The Hall–Kier alpha value is -1.12. The minimum atomic E-state index is -3.67. The fourth-order valence-electron chi connectivity index (χ4n) is 2.51. The van der Waals surface area contributed by atoms with Crippen LogP contribution >= 0.6 is 22.0 Å². The number of esters is 1. The Morgan fingerprint density at radius 2 is 2.09 bits per heavy atom. The quantitative estimate of drug-likeness (QED) is 0.602. The van der Waals surface area contributed by atoms with E-state index < -0.39 is 15.0 Å². The molecule has 0 bridgehead atoms. The second-order valence-corrected chi connectivity index (χ2v) is 9.26. The molecule has 2 heterocycles. The van der Waals surface area contributed by atoms with Crippen LogP contribution in [-0.2, 0) is 18.6 Å². The van der Waals surface area contributed by atoms with Gasteiger partial charge >= 0.3 is 5.97 Å². The number of anilines is 1. The average Bonchev–Trinajstić information content (AvgIpc) is 2.88. The van der Waals surface area contributed by atoms with Gasteiger partial charge in [-0.3, -0.25) is 4.79 Å². The Balaban J connectivity index is 2.35. The summed E-state index contributed by atoms with van der Waals surface area (Å²) in [5.74, 6) is -1.34. The van der Waals surface area contributed by atoms with Crippen LogP contribution in [0.25, 0.3) is 0 Å². The van der Waals surface area contributed by atoms with Crippen molar-refractivity contribution in [3.05, 3.63) is 16.0 Å². The first-order chi connectivity index (χ1) is 10.1. The minimum Gasteiger partial charge on any atom is -0.465 e. The van der Waals surface area contributed by atoms with Gasteiger partial charge in [0.2, 0.25) is 15.0 Å². The number of carbonyl (C=O) groups excluding carboxylic acids is 2. The predicted octanol–water partition coefficient (Wildman–Crippen LogP) is 2.07. The topological polar surface area (TPSA) is 80.8 Å². The zero-order valence-electron chi connectivity index (χ0n) is 12.4. The van der Waals surface area contributed by atoms with Gasteiger partial charge in [0.15, 0.2) is 0 Å². The van der Waals surface area contributed by atoms with Gasteiger partial charge in [0.1, 0.15) is 5.00 Å². The summed E-state index contributed by atoms with van der Waals surface area (Å²) in [6, 6.07) is 0. The van der Waals surface area contributed by atoms with E-state index in [-0.39, 0.29) is 30.5 Å². The van der Waals surface area contributed by atoms with Crippen LogP contribution in [0, 0.1) is 19.8 Å². The number of ether oxygens (including phenoxy) is 1.